The van der Waals surface area contributed by atoms with E-state index in [1.165, 1.54) is 18.2 Å². The Bertz CT molecular complexity index is 940. The molecule has 5 atom stereocenters. The first-order valence-electron chi connectivity index (χ1n) is 14.1. The maximum absolute atomic E-state index is 10.5. The van der Waals surface area contributed by atoms with Crippen molar-refractivity contribution in [1.29, 1.82) is 0 Å². The lowest BCUT2D eigenvalue weighted by Gasteiger charge is -2.52. The van der Waals surface area contributed by atoms with Crippen LogP contribution in [0.15, 0.2) is 18.2 Å². The molecular weight excluding hydrogens is 466 g/mol. The fourth-order valence-electron chi connectivity index (χ4n) is 5.70. The molecule has 6 heteroatoms. The molecule has 0 bridgehead atoms. The van der Waals surface area contributed by atoms with Gasteiger partial charge in [-0.3, -0.25) is 0 Å². The van der Waals surface area contributed by atoms with E-state index < -0.39 is 6.29 Å². The number of ether oxygens (including phenoxy) is 3. The lowest BCUT2D eigenvalue weighted by Crippen LogP contribution is -2.50. The minimum atomic E-state index is -0.721. The average molecular weight is 520 g/mol. The SMILES string of the molecule is CCC1CC(C(C)(C)C(C)(C)CCC(C)(CN)C(C)(C)CC2OC2(C)C)OC(c2cc(O)ccc2O)O1. The van der Waals surface area contributed by atoms with Crippen molar-refractivity contribution in [3.05, 3.63) is 23.8 Å². The van der Waals surface area contributed by atoms with Gasteiger partial charge in [-0.05, 0) is 85.9 Å². The Labute approximate surface area is 225 Å². The number of hydrogen-bond acceptors (Lipinski definition) is 6. The maximum Gasteiger partial charge on any atom is 0.188 e. The van der Waals surface area contributed by atoms with Crippen LogP contribution in [0.4, 0.5) is 0 Å². The topological polar surface area (TPSA) is 97.5 Å². The Morgan fingerprint density at radius 1 is 0.973 bits per heavy atom. The van der Waals surface area contributed by atoms with Gasteiger partial charge in [-0.2, -0.15) is 0 Å². The smallest absolute Gasteiger partial charge is 0.188 e. The van der Waals surface area contributed by atoms with Gasteiger partial charge < -0.3 is 30.2 Å². The van der Waals surface area contributed by atoms with Gasteiger partial charge in [-0.25, -0.2) is 0 Å². The molecule has 0 aromatic heterocycles. The van der Waals surface area contributed by atoms with Gasteiger partial charge in [0.1, 0.15) is 11.5 Å². The molecule has 2 heterocycles. The fraction of sp³-hybridized carbons (Fsp3) is 0.806. The van der Waals surface area contributed by atoms with Crippen molar-refractivity contribution in [1.82, 2.24) is 0 Å². The van der Waals surface area contributed by atoms with Crippen LogP contribution in [0.1, 0.15) is 113 Å². The lowest BCUT2D eigenvalue weighted by molar-refractivity contribution is -0.280. The molecule has 0 radical (unpaired) electrons. The van der Waals surface area contributed by atoms with E-state index >= 15 is 0 Å². The van der Waals surface area contributed by atoms with Crippen LogP contribution >= 0.6 is 0 Å². The summed E-state index contributed by atoms with van der Waals surface area (Å²) in [7, 11) is 0. The molecule has 212 valence electrons. The Kier molecular flexibility index (Phi) is 8.43. The van der Waals surface area contributed by atoms with E-state index in [2.05, 4.69) is 69.2 Å². The molecule has 37 heavy (non-hydrogen) atoms. The van der Waals surface area contributed by atoms with Crippen LogP contribution in [0.2, 0.25) is 0 Å². The lowest BCUT2D eigenvalue weighted by atomic mass is 9.56. The Morgan fingerprint density at radius 3 is 2.14 bits per heavy atom. The number of rotatable bonds is 11. The molecule has 0 spiro atoms. The van der Waals surface area contributed by atoms with Crippen molar-refractivity contribution in [2.24, 2.45) is 27.4 Å². The van der Waals surface area contributed by atoms with Crippen molar-refractivity contribution < 1.29 is 24.4 Å². The summed E-state index contributed by atoms with van der Waals surface area (Å²) in [6, 6.07) is 4.49. The van der Waals surface area contributed by atoms with Gasteiger partial charge >= 0.3 is 0 Å². The summed E-state index contributed by atoms with van der Waals surface area (Å²) in [6.07, 6.45) is 4.17. The predicted molar refractivity (Wildman–Crippen MR) is 148 cm³/mol. The third-order valence-electron chi connectivity index (χ3n) is 10.6. The largest absolute Gasteiger partial charge is 0.508 e. The van der Waals surface area contributed by atoms with Crippen molar-refractivity contribution in [2.75, 3.05) is 6.54 Å². The summed E-state index contributed by atoms with van der Waals surface area (Å²) in [5, 5.41) is 20.5. The van der Waals surface area contributed by atoms with Crippen molar-refractivity contribution in [2.45, 2.75) is 132 Å². The van der Waals surface area contributed by atoms with Gasteiger partial charge in [0.25, 0.3) is 0 Å². The van der Waals surface area contributed by atoms with Gasteiger partial charge in [0.05, 0.1) is 29.5 Å². The number of aromatic hydroxyl groups is 2. The van der Waals surface area contributed by atoms with Gasteiger partial charge in [0.15, 0.2) is 6.29 Å². The fourth-order valence-corrected chi connectivity index (χ4v) is 5.70. The molecular formula is C31H53NO5. The predicted octanol–water partition coefficient (Wildman–Crippen LogP) is 7.07. The molecule has 2 fully saturated rings. The second kappa shape index (κ2) is 10.3. The number of nitrogens with two attached hydrogens (primary N) is 1. The van der Waals surface area contributed by atoms with Gasteiger partial charge in [0, 0.05) is 6.42 Å². The molecule has 6 nitrogen and oxygen atoms in total. The highest BCUT2D eigenvalue weighted by Gasteiger charge is 2.54. The van der Waals surface area contributed by atoms with Crippen molar-refractivity contribution in [3.63, 3.8) is 0 Å². The van der Waals surface area contributed by atoms with E-state index in [9.17, 15) is 10.2 Å². The van der Waals surface area contributed by atoms with E-state index in [1.54, 1.807) is 0 Å². The Balaban J connectivity index is 1.78. The van der Waals surface area contributed by atoms with Crippen molar-refractivity contribution in [3.8, 4) is 11.5 Å². The third kappa shape index (κ3) is 6.13. The number of epoxide rings is 1. The summed E-state index contributed by atoms with van der Waals surface area (Å²) in [5.74, 6) is 0.151. The standard InChI is InChI=1S/C31H53NO5/c1-11-21-17-24(36-26(35-21)22-16-20(33)12-13-23(22)34)29(6,7)27(2,3)14-15-31(10,19-32)28(4,5)18-25-30(8,9)37-25/h12-13,16,21,24-26,33-34H,11,14-15,17-19,32H2,1-10H3. The Morgan fingerprint density at radius 2 is 1.59 bits per heavy atom. The van der Waals surface area contributed by atoms with E-state index in [4.69, 9.17) is 19.9 Å². The summed E-state index contributed by atoms with van der Waals surface area (Å²) < 4.78 is 18.7. The molecule has 2 saturated heterocycles. The van der Waals surface area contributed by atoms with Gasteiger partial charge in [-0.15, -0.1) is 0 Å². The zero-order valence-electron chi connectivity index (χ0n) is 25.0. The van der Waals surface area contributed by atoms with Crippen LogP contribution < -0.4 is 5.73 Å². The molecule has 2 aliphatic rings. The zero-order chi connectivity index (χ0) is 28.0. The molecule has 2 aliphatic heterocycles. The van der Waals surface area contributed by atoms with Gasteiger partial charge in [0.2, 0.25) is 0 Å². The van der Waals surface area contributed by atoms with Gasteiger partial charge in [-0.1, -0.05) is 55.4 Å². The highest BCUT2D eigenvalue weighted by Crippen LogP contribution is 2.55. The number of phenols is 2. The highest BCUT2D eigenvalue weighted by molar-refractivity contribution is 5.39. The first kappa shape index (κ1) is 30.2. The monoisotopic (exact) mass is 519 g/mol. The van der Waals surface area contributed by atoms with E-state index in [0.717, 1.165) is 32.1 Å². The zero-order valence-corrected chi connectivity index (χ0v) is 25.0. The van der Waals surface area contributed by atoms with Crippen LogP contribution in [0.5, 0.6) is 11.5 Å². The van der Waals surface area contributed by atoms with Crippen LogP contribution in [-0.4, -0.2) is 40.7 Å². The number of phenolic OH excluding ortho intramolecular Hbond substituents is 2. The van der Waals surface area contributed by atoms with Crippen LogP contribution in [-0.2, 0) is 14.2 Å². The molecule has 4 N–H and O–H groups in total. The second-order valence-corrected chi connectivity index (χ2v) is 14.3. The molecule has 1 aromatic rings. The number of benzene rings is 1. The summed E-state index contributed by atoms with van der Waals surface area (Å²) >= 11 is 0. The van der Waals surface area contributed by atoms with Crippen molar-refractivity contribution >= 4 is 0 Å². The summed E-state index contributed by atoms with van der Waals surface area (Å²) in [4.78, 5) is 0. The minimum Gasteiger partial charge on any atom is -0.508 e. The molecule has 0 aliphatic carbocycles. The molecule has 3 rings (SSSR count). The van der Waals surface area contributed by atoms with Crippen LogP contribution in [0.25, 0.3) is 0 Å². The molecule has 5 unspecified atom stereocenters. The first-order chi connectivity index (χ1) is 16.9. The van der Waals surface area contributed by atoms with E-state index in [1.807, 2.05) is 0 Å². The second-order valence-electron chi connectivity index (χ2n) is 14.3. The normalized spacial score (nSPS) is 28.1. The van der Waals surface area contributed by atoms with E-state index in [-0.39, 0.29) is 51.0 Å². The molecule has 1 aromatic carbocycles. The van der Waals surface area contributed by atoms with Crippen LogP contribution in [0.3, 0.4) is 0 Å². The third-order valence-corrected chi connectivity index (χ3v) is 10.6. The average Bonchev–Trinajstić information content (AvgIpc) is 3.42. The van der Waals surface area contributed by atoms with E-state index in [0.29, 0.717) is 18.2 Å². The minimum absolute atomic E-state index is 0.00992. The summed E-state index contributed by atoms with van der Waals surface area (Å²) in [6.45, 7) is 23.4. The number of hydrogen-bond donors (Lipinski definition) is 3. The highest BCUT2D eigenvalue weighted by atomic mass is 16.7. The molecule has 0 saturated carbocycles. The molecule has 0 amide bonds. The van der Waals surface area contributed by atoms with Crippen LogP contribution in [0, 0.1) is 21.7 Å². The quantitative estimate of drug-likeness (QED) is 0.214. The summed E-state index contributed by atoms with van der Waals surface area (Å²) in [5.41, 5.74) is 6.68. The maximum atomic E-state index is 10.5. The Hall–Kier alpha value is -1.34. The first-order valence-corrected chi connectivity index (χ1v) is 14.1.